The molecule has 1 rings (SSSR count). The Labute approximate surface area is 122 Å². The first-order chi connectivity index (χ1) is 9.32. The molecular weight excluding hydrogens is 254 g/mol. The molecule has 1 aliphatic rings. The number of carbonyl (C=O) groups is 2. The highest BCUT2D eigenvalue weighted by Crippen LogP contribution is 2.22. The lowest BCUT2D eigenvalue weighted by Crippen LogP contribution is -2.49. The smallest absolute Gasteiger partial charge is 0.245 e. The topological polar surface area (TPSA) is 66.6 Å². The molecule has 1 unspecified atom stereocenters. The molecule has 2 amide bonds. The number of carbonyl (C=O) groups excluding carboxylic acids is 2. The highest BCUT2D eigenvalue weighted by atomic mass is 16.2. The molecule has 0 aromatic rings. The Bertz CT molecular complexity index is 355. The summed E-state index contributed by atoms with van der Waals surface area (Å²) in [7, 11) is 1.81. The van der Waals surface area contributed by atoms with Gasteiger partial charge in [0.2, 0.25) is 11.8 Å². The maximum absolute atomic E-state index is 12.5. The summed E-state index contributed by atoms with van der Waals surface area (Å²) >= 11 is 0. The van der Waals surface area contributed by atoms with Crippen molar-refractivity contribution in [2.24, 2.45) is 11.1 Å². The van der Waals surface area contributed by atoms with Crippen molar-refractivity contribution in [1.82, 2.24) is 9.80 Å². The minimum Gasteiger partial charge on any atom is -0.343 e. The summed E-state index contributed by atoms with van der Waals surface area (Å²) in [5, 5.41) is 0. The number of likely N-dealkylation sites (N-methyl/N-ethyl adjacent to an activating group) is 1. The Balaban J connectivity index is 2.67. The first kappa shape index (κ1) is 17.0. The van der Waals surface area contributed by atoms with Crippen molar-refractivity contribution in [3.05, 3.63) is 0 Å². The molecule has 1 aliphatic heterocycles. The molecule has 1 fully saturated rings. The molecule has 5 heteroatoms. The molecule has 0 saturated carbocycles. The van der Waals surface area contributed by atoms with Gasteiger partial charge in [0.25, 0.3) is 0 Å². The number of amides is 2. The SMILES string of the molecule is CCCC(=O)N1CCCC1C(=O)N(C)CC(C)(C)CN. The number of rotatable bonds is 6. The van der Waals surface area contributed by atoms with E-state index in [1.807, 2.05) is 20.8 Å². The number of nitrogens with zero attached hydrogens (tertiary/aromatic N) is 2. The van der Waals surface area contributed by atoms with Crippen LogP contribution in [0, 0.1) is 5.41 Å². The van der Waals surface area contributed by atoms with Gasteiger partial charge in [0.15, 0.2) is 0 Å². The largest absolute Gasteiger partial charge is 0.343 e. The van der Waals surface area contributed by atoms with E-state index < -0.39 is 0 Å². The van der Waals surface area contributed by atoms with E-state index in [0.29, 0.717) is 26.1 Å². The number of hydrogen-bond acceptors (Lipinski definition) is 3. The van der Waals surface area contributed by atoms with Crippen molar-refractivity contribution < 1.29 is 9.59 Å². The van der Waals surface area contributed by atoms with Gasteiger partial charge in [-0.3, -0.25) is 9.59 Å². The Kier molecular flexibility index (Phi) is 5.99. The van der Waals surface area contributed by atoms with Crippen LogP contribution in [-0.2, 0) is 9.59 Å². The van der Waals surface area contributed by atoms with Crippen molar-refractivity contribution in [1.29, 1.82) is 0 Å². The van der Waals surface area contributed by atoms with Gasteiger partial charge >= 0.3 is 0 Å². The van der Waals surface area contributed by atoms with Gasteiger partial charge in [-0.2, -0.15) is 0 Å². The van der Waals surface area contributed by atoms with Gasteiger partial charge in [0.05, 0.1) is 0 Å². The van der Waals surface area contributed by atoms with Crippen LogP contribution in [0.15, 0.2) is 0 Å². The molecule has 0 radical (unpaired) electrons. The summed E-state index contributed by atoms with van der Waals surface area (Å²) in [5.41, 5.74) is 5.62. The third kappa shape index (κ3) is 4.20. The van der Waals surface area contributed by atoms with E-state index in [1.54, 1.807) is 16.8 Å². The van der Waals surface area contributed by atoms with Crippen LogP contribution in [0.5, 0.6) is 0 Å². The second-order valence-electron chi connectivity index (χ2n) is 6.56. The van der Waals surface area contributed by atoms with Gasteiger partial charge < -0.3 is 15.5 Å². The fourth-order valence-electron chi connectivity index (χ4n) is 2.72. The van der Waals surface area contributed by atoms with Gasteiger partial charge in [-0.05, 0) is 31.2 Å². The van der Waals surface area contributed by atoms with E-state index in [4.69, 9.17) is 5.73 Å². The first-order valence-corrected chi connectivity index (χ1v) is 7.57. The highest BCUT2D eigenvalue weighted by Gasteiger charge is 2.36. The van der Waals surface area contributed by atoms with Crippen molar-refractivity contribution in [2.45, 2.75) is 52.5 Å². The minimum atomic E-state index is -0.271. The molecule has 0 bridgehead atoms. The normalized spacial score (nSPS) is 19.2. The van der Waals surface area contributed by atoms with Crippen molar-refractivity contribution in [3.8, 4) is 0 Å². The molecule has 0 aromatic heterocycles. The summed E-state index contributed by atoms with van der Waals surface area (Å²) < 4.78 is 0. The van der Waals surface area contributed by atoms with Crippen LogP contribution in [0.3, 0.4) is 0 Å². The van der Waals surface area contributed by atoms with Gasteiger partial charge in [-0.25, -0.2) is 0 Å². The Morgan fingerprint density at radius 1 is 1.40 bits per heavy atom. The van der Waals surface area contributed by atoms with Crippen molar-refractivity contribution >= 4 is 11.8 Å². The molecule has 0 aliphatic carbocycles. The molecule has 1 heterocycles. The maximum atomic E-state index is 12.5. The Hall–Kier alpha value is -1.10. The van der Waals surface area contributed by atoms with Crippen LogP contribution in [0.25, 0.3) is 0 Å². The van der Waals surface area contributed by atoms with E-state index in [1.165, 1.54) is 0 Å². The van der Waals surface area contributed by atoms with E-state index in [9.17, 15) is 9.59 Å². The quantitative estimate of drug-likeness (QED) is 0.797. The van der Waals surface area contributed by atoms with Crippen LogP contribution >= 0.6 is 0 Å². The van der Waals surface area contributed by atoms with E-state index in [2.05, 4.69) is 0 Å². The fraction of sp³-hybridized carbons (Fsp3) is 0.867. The molecule has 2 N–H and O–H groups in total. The summed E-state index contributed by atoms with van der Waals surface area (Å²) in [6.07, 6.45) is 3.05. The Morgan fingerprint density at radius 2 is 2.05 bits per heavy atom. The third-order valence-corrected chi connectivity index (χ3v) is 3.92. The molecule has 5 nitrogen and oxygen atoms in total. The summed E-state index contributed by atoms with van der Waals surface area (Å²) in [6.45, 7) is 7.95. The van der Waals surface area contributed by atoms with E-state index in [-0.39, 0.29) is 23.3 Å². The van der Waals surface area contributed by atoms with Gasteiger partial charge in [-0.15, -0.1) is 0 Å². The van der Waals surface area contributed by atoms with Gasteiger partial charge in [0, 0.05) is 26.6 Å². The van der Waals surface area contributed by atoms with Crippen LogP contribution in [0.4, 0.5) is 0 Å². The van der Waals surface area contributed by atoms with Crippen LogP contribution in [0.1, 0.15) is 46.5 Å². The second-order valence-corrected chi connectivity index (χ2v) is 6.56. The Morgan fingerprint density at radius 3 is 2.60 bits per heavy atom. The molecule has 1 atom stereocenters. The molecule has 20 heavy (non-hydrogen) atoms. The van der Waals surface area contributed by atoms with Crippen molar-refractivity contribution in [3.63, 3.8) is 0 Å². The zero-order valence-electron chi connectivity index (χ0n) is 13.3. The fourth-order valence-corrected chi connectivity index (χ4v) is 2.72. The predicted octanol–water partition coefficient (Wildman–Crippen LogP) is 1.22. The number of likely N-dealkylation sites (tertiary alicyclic amines) is 1. The third-order valence-electron chi connectivity index (χ3n) is 3.92. The zero-order valence-corrected chi connectivity index (χ0v) is 13.3. The lowest BCUT2D eigenvalue weighted by molar-refractivity contribution is -0.143. The van der Waals surface area contributed by atoms with Crippen LogP contribution in [-0.4, -0.2) is 54.3 Å². The predicted molar refractivity (Wildman–Crippen MR) is 80.1 cm³/mol. The van der Waals surface area contributed by atoms with Gasteiger partial charge in [0.1, 0.15) is 6.04 Å². The average Bonchev–Trinajstić information content (AvgIpc) is 2.86. The summed E-state index contributed by atoms with van der Waals surface area (Å²) in [5.74, 6) is 0.156. The molecule has 116 valence electrons. The van der Waals surface area contributed by atoms with Gasteiger partial charge in [-0.1, -0.05) is 20.8 Å². The molecule has 1 saturated heterocycles. The number of hydrogen-bond donors (Lipinski definition) is 1. The second kappa shape index (κ2) is 7.07. The van der Waals surface area contributed by atoms with Crippen molar-refractivity contribution in [2.75, 3.05) is 26.7 Å². The molecule has 0 spiro atoms. The lowest BCUT2D eigenvalue weighted by Gasteiger charge is -2.33. The first-order valence-electron chi connectivity index (χ1n) is 7.57. The minimum absolute atomic E-state index is 0.0495. The maximum Gasteiger partial charge on any atom is 0.245 e. The van der Waals surface area contributed by atoms with Crippen LogP contribution < -0.4 is 5.73 Å². The van der Waals surface area contributed by atoms with Crippen LogP contribution in [0.2, 0.25) is 0 Å². The zero-order chi connectivity index (χ0) is 15.3. The lowest BCUT2D eigenvalue weighted by atomic mass is 9.93. The molecular formula is C15H29N3O2. The monoisotopic (exact) mass is 283 g/mol. The average molecular weight is 283 g/mol. The summed E-state index contributed by atoms with van der Waals surface area (Å²) in [4.78, 5) is 28.1. The number of nitrogens with two attached hydrogens (primary N) is 1. The highest BCUT2D eigenvalue weighted by molar-refractivity contribution is 5.88. The standard InChI is InChI=1S/C15H29N3O2/c1-5-7-13(19)18-9-6-8-12(18)14(20)17(4)11-15(2,3)10-16/h12H,5-11,16H2,1-4H3. The van der Waals surface area contributed by atoms with E-state index >= 15 is 0 Å². The molecule has 0 aromatic carbocycles. The summed E-state index contributed by atoms with van der Waals surface area (Å²) in [6, 6.07) is -0.271. The van der Waals surface area contributed by atoms with E-state index in [0.717, 1.165) is 19.3 Å².